The maximum atomic E-state index is 5.88. The van der Waals surface area contributed by atoms with Gasteiger partial charge in [-0.25, -0.2) is 4.98 Å². The summed E-state index contributed by atoms with van der Waals surface area (Å²) in [5.41, 5.74) is 7.02. The molecule has 0 spiro atoms. The molecule has 1 aliphatic rings. The number of likely N-dealkylation sites (N-methyl/N-ethyl adjacent to an activating group) is 1. The molecule has 2 rings (SSSR count). The lowest BCUT2D eigenvalue weighted by atomic mass is 10.1. The molecule has 1 atom stereocenters. The van der Waals surface area contributed by atoms with Crippen molar-refractivity contribution in [3.8, 4) is 0 Å². The lowest BCUT2D eigenvalue weighted by Gasteiger charge is -2.39. The van der Waals surface area contributed by atoms with Crippen molar-refractivity contribution in [2.24, 2.45) is 0 Å². The number of hydrogen-bond donors (Lipinski definition) is 1. The molecule has 1 aliphatic heterocycles. The van der Waals surface area contributed by atoms with E-state index in [-0.39, 0.29) is 0 Å². The van der Waals surface area contributed by atoms with Crippen LogP contribution >= 0.6 is 0 Å². The third-order valence-electron chi connectivity index (χ3n) is 3.58. The molecule has 1 unspecified atom stereocenters. The first kappa shape index (κ1) is 12.3. The smallest absolute Gasteiger partial charge is 0.127 e. The predicted octanol–water partition coefficient (Wildman–Crippen LogP) is 1.19. The highest BCUT2D eigenvalue weighted by atomic mass is 15.3. The molecule has 94 valence electrons. The van der Waals surface area contributed by atoms with Crippen molar-refractivity contribution in [1.82, 2.24) is 14.8 Å². The molecule has 1 aromatic rings. The fraction of sp³-hybridized carbons (Fsp3) is 0.615. The van der Waals surface area contributed by atoms with Crippen LogP contribution in [0.25, 0.3) is 0 Å². The SMILES string of the molecule is CCN1CCN(Cc2cccnc2N)CC1C. The molecule has 2 N–H and O–H groups in total. The summed E-state index contributed by atoms with van der Waals surface area (Å²) < 4.78 is 0. The molecular formula is C13H22N4. The van der Waals surface area contributed by atoms with Gasteiger partial charge in [0.25, 0.3) is 0 Å². The van der Waals surface area contributed by atoms with E-state index in [1.54, 1.807) is 6.20 Å². The first-order chi connectivity index (χ1) is 8.20. The van der Waals surface area contributed by atoms with Gasteiger partial charge in [-0.05, 0) is 19.5 Å². The second kappa shape index (κ2) is 5.47. The fourth-order valence-corrected chi connectivity index (χ4v) is 2.51. The molecule has 0 bridgehead atoms. The van der Waals surface area contributed by atoms with Gasteiger partial charge >= 0.3 is 0 Å². The fourth-order valence-electron chi connectivity index (χ4n) is 2.51. The van der Waals surface area contributed by atoms with Crippen LogP contribution in [-0.2, 0) is 6.54 Å². The average Bonchev–Trinajstić information content (AvgIpc) is 2.32. The van der Waals surface area contributed by atoms with E-state index in [1.807, 2.05) is 6.07 Å². The predicted molar refractivity (Wildman–Crippen MR) is 70.6 cm³/mol. The van der Waals surface area contributed by atoms with Crippen LogP contribution in [0.2, 0.25) is 0 Å². The normalized spacial score (nSPS) is 22.8. The molecule has 1 aromatic heterocycles. The quantitative estimate of drug-likeness (QED) is 0.853. The summed E-state index contributed by atoms with van der Waals surface area (Å²) in [7, 11) is 0. The summed E-state index contributed by atoms with van der Waals surface area (Å²) in [5, 5.41) is 0. The van der Waals surface area contributed by atoms with Crippen molar-refractivity contribution in [3.63, 3.8) is 0 Å². The van der Waals surface area contributed by atoms with E-state index in [0.717, 1.165) is 38.3 Å². The largest absolute Gasteiger partial charge is 0.383 e. The summed E-state index contributed by atoms with van der Waals surface area (Å²) in [6, 6.07) is 4.66. The number of piperazine rings is 1. The Labute approximate surface area is 103 Å². The monoisotopic (exact) mass is 234 g/mol. The first-order valence-electron chi connectivity index (χ1n) is 6.36. The summed E-state index contributed by atoms with van der Waals surface area (Å²) in [6.45, 7) is 9.96. The van der Waals surface area contributed by atoms with Gasteiger partial charge in [0.05, 0.1) is 0 Å². The Morgan fingerprint density at radius 2 is 2.29 bits per heavy atom. The molecule has 1 saturated heterocycles. The second-order valence-electron chi connectivity index (χ2n) is 4.76. The van der Waals surface area contributed by atoms with Gasteiger partial charge in [0.1, 0.15) is 5.82 Å². The lowest BCUT2D eigenvalue weighted by molar-refractivity contribution is 0.0835. The van der Waals surface area contributed by atoms with Gasteiger partial charge in [0.2, 0.25) is 0 Å². The van der Waals surface area contributed by atoms with Crippen LogP contribution in [0.15, 0.2) is 18.3 Å². The van der Waals surface area contributed by atoms with Gasteiger partial charge in [0.15, 0.2) is 0 Å². The van der Waals surface area contributed by atoms with Gasteiger partial charge in [-0.2, -0.15) is 0 Å². The van der Waals surface area contributed by atoms with Crippen molar-refractivity contribution in [2.75, 3.05) is 31.9 Å². The minimum Gasteiger partial charge on any atom is -0.383 e. The number of rotatable bonds is 3. The van der Waals surface area contributed by atoms with E-state index >= 15 is 0 Å². The van der Waals surface area contributed by atoms with Gasteiger partial charge in [0, 0.05) is 44.0 Å². The zero-order valence-electron chi connectivity index (χ0n) is 10.8. The van der Waals surface area contributed by atoms with Crippen LogP contribution in [0.3, 0.4) is 0 Å². The Hall–Kier alpha value is -1.13. The molecule has 1 fully saturated rings. The highest BCUT2D eigenvalue weighted by molar-refractivity contribution is 5.38. The van der Waals surface area contributed by atoms with E-state index in [1.165, 1.54) is 0 Å². The maximum Gasteiger partial charge on any atom is 0.127 e. The summed E-state index contributed by atoms with van der Waals surface area (Å²) in [5.74, 6) is 0.665. The van der Waals surface area contributed by atoms with Gasteiger partial charge in [-0.3, -0.25) is 9.80 Å². The molecule has 0 aromatic carbocycles. The van der Waals surface area contributed by atoms with E-state index in [2.05, 4.69) is 34.7 Å². The highest BCUT2D eigenvalue weighted by Gasteiger charge is 2.22. The van der Waals surface area contributed by atoms with Crippen molar-refractivity contribution in [2.45, 2.75) is 26.4 Å². The molecule has 4 heteroatoms. The van der Waals surface area contributed by atoms with E-state index in [9.17, 15) is 0 Å². The lowest BCUT2D eigenvalue weighted by Crippen LogP contribution is -2.51. The number of hydrogen-bond acceptors (Lipinski definition) is 4. The summed E-state index contributed by atoms with van der Waals surface area (Å²) in [4.78, 5) is 9.11. The van der Waals surface area contributed by atoms with Crippen molar-refractivity contribution in [3.05, 3.63) is 23.9 Å². The Morgan fingerprint density at radius 1 is 1.47 bits per heavy atom. The number of aromatic nitrogens is 1. The number of anilines is 1. The van der Waals surface area contributed by atoms with Crippen molar-refractivity contribution in [1.29, 1.82) is 0 Å². The zero-order chi connectivity index (χ0) is 12.3. The minimum atomic E-state index is 0.631. The maximum absolute atomic E-state index is 5.88. The first-order valence-corrected chi connectivity index (χ1v) is 6.36. The summed E-state index contributed by atoms with van der Waals surface area (Å²) >= 11 is 0. The van der Waals surface area contributed by atoms with Gasteiger partial charge in [-0.15, -0.1) is 0 Å². The molecule has 2 heterocycles. The molecule has 4 nitrogen and oxygen atoms in total. The average molecular weight is 234 g/mol. The third kappa shape index (κ3) is 2.96. The van der Waals surface area contributed by atoms with Crippen LogP contribution in [0.5, 0.6) is 0 Å². The third-order valence-corrected chi connectivity index (χ3v) is 3.58. The van der Waals surface area contributed by atoms with E-state index in [4.69, 9.17) is 5.73 Å². The van der Waals surface area contributed by atoms with E-state index < -0.39 is 0 Å². The van der Waals surface area contributed by atoms with Crippen LogP contribution in [0.1, 0.15) is 19.4 Å². The van der Waals surface area contributed by atoms with Crippen LogP contribution < -0.4 is 5.73 Å². The second-order valence-corrected chi connectivity index (χ2v) is 4.76. The molecule has 0 aliphatic carbocycles. The number of nitrogens with zero attached hydrogens (tertiary/aromatic N) is 3. The zero-order valence-corrected chi connectivity index (χ0v) is 10.8. The van der Waals surface area contributed by atoms with Gasteiger partial charge < -0.3 is 5.73 Å². The van der Waals surface area contributed by atoms with Crippen LogP contribution in [0.4, 0.5) is 5.82 Å². The molecule has 0 amide bonds. The molecular weight excluding hydrogens is 212 g/mol. The molecule has 0 radical (unpaired) electrons. The number of pyridine rings is 1. The number of nitrogen functional groups attached to an aromatic ring is 1. The number of nitrogens with two attached hydrogens (primary N) is 1. The van der Waals surface area contributed by atoms with Gasteiger partial charge in [-0.1, -0.05) is 13.0 Å². The Kier molecular flexibility index (Phi) is 3.97. The van der Waals surface area contributed by atoms with Crippen LogP contribution in [-0.4, -0.2) is 47.0 Å². The summed E-state index contributed by atoms with van der Waals surface area (Å²) in [6.07, 6.45) is 1.75. The van der Waals surface area contributed by atoms with Crippen LogP contribution in [0, 0.1) is 0 Å². The highest BCUT2D eigenvalue weighted by Crippen LogP contribution is 2.15. The Balaban J connectivity index is 1.95. The van der Waals surface area contributed by atoms with E-state index in [0.29, 0.717) is 11.9 Å². The van der Waals surface area contributed by atoms with Crippen molar-refractivity contribution < 1.29 is 0 Å². The van der Waals surface area contributed by atoms with Crippen molar-refractivity contribution >= 4 is 5.82 Å². The molecule has 17 heavy (non-hydrogen) atoms. The minimum absolute atomic E-state index is 0.631. The topological polar surface area (TPSA) is 45.4 Å². The Bertz CT molecular complexity index is 366. The standard InChI is InChI=1S/C13H22N4/c1-3-17-8-7-16(9-11(17)2)10-12-5-4-6-15-13(12)14/h4-6,11H,3,7-10H2,1-2H3,(H2,14,15). The molecule has 0 saturated carbocycles. The Morgan fingerprint density at radius 3 is 2.94 bits per heavy atom.